The van der Waals surface area contributed by atoms with Crippen LogP contribution in [0.25, 0.3) is 0 Å². The van der Waals surface area contributed by atoms with Gasteiger partial charge in [0.2, 0.25) is 5.95 Å². The third-order valence-corrected chi connectivity index (χ3v) is 3.34. The zero-order chi connectivity index (χ0) is 18.5. The van der Waals surface area contributed by atoms with E-state index in [1.165, 1.54) is 6.07 Å². The van der Waals surface area contributed by atoms with Crippen LogP contribution in [0.2, 0.25) is 0 Å². The summed E-state index contributed by atoms with van der Waals surface area (Å²) in [5, 5.41) is 6.02. The molecule has 0 radical (unpaired) electrons. The first-order valence-electron chi connectivity index (χ1n) is 8.09. The standard InChI is InChI=1S/C19H18F2N4O/c1-12(2)26-17-6-4-3-5-16(17)24-18-9-10-22-19(25-18)23-13-7-8-14(20)15(21)11-13/h3-12H,1-2H3,(H2,22,23,24,25). The number of para-hydroxylation sites is 2. The molecule has 0 aliphatic heterocycles. The van der Waals surface area contributed by atoms with E-state index in [-0.39, 0.29) is 12.1 Å². The van der Waals surface area contributed by atoms with Crippen LogP contribution < -0.4 is 15.4 Å². The highest BCUT2D eigenvalue weighted by molar-refractivity contribution is 5.65. The summed E-state index contributed by atoms with van der Waals surface area (Å²) in [6.07, 6.45) is 1.60. The zero-order valence-corrected chi connectivity index (χ0v) is 14.3. The molecular formula is C19H18F2N4O. The molecule has 0 saturated heterocycles. The van der Waals surface area contributed by atoms with Crippen LogP contribution in [0.5, 0.6) is 5.75 Å². The highest BCUT2D eigenvalue weighted by atomic mass is 19.2. The summed E-state index contributed by atoms with van der Waals surface area (Å²) < 4.78 is 32.1. The van der Waals surface area contributed by atoms with Crippen molar-refractivity contribution in [1.82, 2.24) is 9.97 Å². The summed E-state index contributed by atoms with van der Waals surface area (Å²) in [5.74, 6) is -0.359. The number of nitrogens with one attached hydrogen (secondary N) is 2. The summed E-state index contributed by atoms with van der Waals surface area (Å²) in [5.41, 5.74) is 1.11. The second kappa shape index (κ2) is 7.77. The van der Waals surface area contributed by atoms with Gasteiger partial charge < -0.3 is 15.4 Å². The van der Waals surface area contributed by atoms with Crippen LogP contribution in [0, 0.1) is 11.6 Å². The molecule has 7 heteroatoms. The van der Waals surface area contributed by atoms with E-state index in [1.54, 1.807) is 12.3 Å². The maximum absolute atomic E-state index is 13.3. The molecule has 134 valence electrons. The number of hydrogen-bond acceptors (Lipinski definition) is 5. The second-order valence-electron chi connectivity index (χ2n) is 5.81. The smallest absolute Gasteiger partial charge is 0.229 e. The van der Waals surface area contributed by atoms with Crippen LogP contribution in [-0.4, -0.2) is 16.1 Å². The van der Waals surface area contributed by atoms with Crippen LogP contribution in [0.1, 0.15) is 13.8 Å². The third-order valence-electron chi connectivity index (χ3n) is 3.34. The second-order valence-corrected chi connectivity index (χ2v) is 5.81. The molecule has 1 heterocycles. The van der Waals surface area contributed by atoms with Crippen LogP contribution in [-0.2, 0) is 0 Å². The van der Waals surface area contributed by atoms with Crippen molar-refractivity contribution in [3.05, 3.63) is 66.4 Å². The van der Waals surface area contributed by atoms with E-state index in [1.807, 2.05) is 38.1 Å². The molecule has 2 N–H and O–H groups in total. The van der Waals surface area contributed by atoms with E-state index < -0.39 is 11.6 Å². The number of rotatable bonds is 6. The fourth-order valence-corrected chi connectivity index (χ4v) is 2.26. The van der Waals surface area contributed by atoms with E-state index in [0.717, 1.165) is 17.8 Å². The van der Waals surface area contributed by atoms with Crippen molar-refractivity contribution < 1.29 is 13.5 Å². The summed E-state index contributed by atoms with van der Waals surface area (Å²) in [7, 11) is 0. The van der Waals surface area contributed by atoms with E-state index in [9.17, 15) is 8.78 Å². The molecular weight excluding hydrogens is 338 g/mol. The average molecular weight is 356 g/mol. The summed E-state index contributed by atoms with van der Waals surface area (Å²) >= 11 is 0. The normalized spacial score (nSPS) is 10.7. The van der Waals surface area contributed by atoms with Gasteiger partial charge in [0.1, 0.15) is 11.6 Å². The molecule has 0 spiro atoms. The maximum atomic E-state index is 13.3. The van der Waals surface area contributed by atoms with Gasteiger partial charge in [-0.1, -0.05) is 12.1 Å². The Labute approximate surface area is 150 Å². The molecule has 2 aromatic carbocycles. The first-order chi connectivity index (χ1) is 12.5. The minimum absolute atomic E-state index is 0.0361. The van der Waals surface area contributed by atoms with Gasteiger partial charge in [0.05, 0.1) is 11.8 Å². The average Bonchev–Trinajstić information content (AvgIpc) is 2.60. The first kappa shape index (κ1) is 17.6. The van der Waals surface area contributed by atoms with Gasteiger partial charge in [0, 0.05) is 18.0 Å². The van der Waals surface area contributed by atoms with Crippen molar-refractivity contribution in [3.8, 4) is 5.75 Å². The van der Waals surface area contributed by atoms with Crippen LogP contribution in [0.3, 0.4) is 0 Å². The maximum Gasteiger partial charge on any atom is 0.229 e. The number of anilines is 4. The van der Waals surface area contributed by atoms with Gasteiger partial charge in [-0.25, -0.2) is 13.8 Å². The largest absolute Gasteiger partial charge is 0.489 e. The van der Waals surface area contributed by atoms with E-state index >= 15 is 0 Å². The summed E-state index contributed by atoms with van der Waals surface area (Å²) in [6.45, 7) is 3.90. The fraction of sp³-hybridized carbons (Fsp3) is 0.158. The van der Waals surface area contributed by atoms with Gasteiger partial charge in [-0.05, 0) is 44.2 Å². The lowest BCUT2D eigenvalue weighted by Crippen LogP contribution is -2.08. The van der Waals surface area contributed by atoms with Crippen molar-refractivity contribution in [2.45, 2.75) is 20.0 Å². The van der Waals surface area contributed by atoms with Crippen molar-refractivity contribution in [1.29, 1.82) is 0 Å². The molecule has 3 rings (SSSR count). The van der Waals surface area contributed by atoms with Crippen molar-refractivity contribution in [2.75, 3.05) is 10.6 Å². The van der Waals surface area contributed by atoms with Crippen molar-refractivity contribution in [3.63, 3.8) is 0 Å². The molecule has 26 heavy (non-hydrogen) atoms. The lowest BCUT2D eigenvalue weighted by molar-refractivity contribution is 0.244. The topological polar surface area (TPSA) is 59.1 Å². The van der Waals surface area contributed by atoms with Crippen LogP contribution in [0.4, 0.5) is 31.9 Å². The fourth-order valence-electron chi connectivity index (χ4n) is 2.26. The molecule has 1 aromatic heterocycles. The Bertz CT molecular complexity index is 902. The molecule has 5 nitrogen and oxygen atoms in total. The molecule has 0 amide bonds. The van der Waals surface area contributed by atoms with Gasteiger partial charge >= 0.3 is 0 Å². The molecule has 0 atom stereocenters. The van der Waals surface area contributed by atoms with Gasteiger partial charge in [-0.15, -0.1) is 0 Å². The summed E-state index contributed by atoms with van der Waals surface area (Å²) in [6, 6.07) is 12.7. The van der Waals surface area contributed by atoms with Crippen LogP contribution in [0.15, 0.2) is 54.7 Å². The predicted octanol–water partition coefficient (Wildman–Crippen LogP) is 5.03. The van der Waals surface area contributed by atoms with Crippen LogP contribution >= 0.6 is 0 Å². The van der Waals surface area contributed by atoms with Gasteiger partial charge in [0.15, 0.2) is 11.6 Å². The molecule has 0 bridgehead atoms. The monoisotopic (exact) mass is 356 g/mol. The Morgan fingerprint density at radius 3 is 2.54 bits per heavy atom. The van der Waals surface area contributed by atoms with E-state index in [2.05, 4.69) is 20.6 Å². The Kier molecular flexibility index (Phi) is 5.26. The third kappa shape index (κ3) is 4.44. The Morgan fingerprint density at radius 2 is 1.77 bits per heavy atom. The number of hydrogen-bond donors (Lipinski definition) is 2. The lowest BCUT2D eigenvalue weighted by Gasteiger charge is -2.15. The Hall–Kier alpha value is -3.22. The number of ether oxygens (including phenoxy) is 1. The number of aromatic nitrogens is 2. The molecule has 0 saturated carbocycles. The van der Waals surface area contributed by atoms with E-state index in [0.29, 0.717) is 17.3 Å². The van der Waals surface area contributed by atoms with Gasteiger partial charge in [-0.3, -0.25) is 0 Å². The predicted molar refractivity (Wildman–Crippen MR) is 97.2 cm³/mol. The van der Waals surface area contributed by atoms with Gasteiger partial charge in [-0.2, -0.15) is 4.98 Å². The minimum Gasteiger partial charge on any atom is -0.489 e. The molecule has 0 aliphatic rings. The van der Waals surface area contributed by atoms with Gasteiger partial charge in [0.25, 0.3) is 0 Å². The highest BCUT2D eigenvalue weighted by Crippen LogP contribution is 2.28. The number of halogens is 2. The van der Waals surface area contributed by atoms with Crippen molar-refractivity contribution in [2.24, 2.45) is 0 Å². The minimum atomic E-state index is -0.941. The quantitative estimate of drug-likeness (QED) is 0.649. The lowest BCUT2D eigenvalue weighted by atomic mass is 10.3. The Balaban J connectivity index is 1.78. The first-order valence-corrected chi connectivity index (χ1v) is 8.09. The van der Waals surface area contributed by atoms with E-state index in [4.69, 9.17) is 4.74 Å². The van der Waals surface area contributed by atoms with Crippen molar-refractivity contribution >= 4 is 23.1 Å². The summed E-state index contributed by atoms with van der Waals surface area (Å²) in [4.78, 5) is 8.42. The highest BCUT2D eigenvalue weighted by Gasteiger charge is 2.08. The molecule has 0 aliphatic carbocycles. The molecule has 0 fully saturated rings. The molecule has 3 aromatic rings. The zero-order valence-electron chi connectivity index (χ0n) is 14.3. The SMILES string of the molecule is CC(C)Oc1ccccc1Nc1ccnc(Nc2ccc(F)c(F)c2)n1. The number of nitrogens with zero attached hydrogens (tertiary/aromatic N) is 2. The number of benzene rings is 2. The molecule has 0 unspecified atom stereocenters. The Morgan fingerprint density at radius 1 is 0.962 bits per heavy atom.